The van der Waals surface area contributed by atoms with Crippen LogP contribution >= 0.6 is 0 Å². The summed E-state index contributed by atoms with van der Waals surface area (Å²) in [6, 6.07) is 2.93. The molecule has 17 heavy (non-hydrogen) atoms. The SMILES string of the molecule is N[C@H]1C(=O)Nc2cc(F)ccc2O[C@H]1CCO. The number of aliphatic hydroxyl groups excluding tert-OH is 1. The molecule has 0 aromatic heterocycles. The first-order chi connectivity index (χ1) is 8.11. The largest absolute Gasteiger partial charge is 0.486 e. The summed E-state index contributed by atoms with van der Waals surface area (Å²) in [6.45, 7) is -0.137. The van der Waals surface area contributed by atoms with Crippen LogP contribution in [0.4, 0.5) is 10.1 Å². The van der Waals surface area contributed by atoms with E-state index in [9.17, 15) is 9.18 Å². The molecular weight excluding hydrogens is 227 g/mol. The van der Waals surface area contributed by atoms with Gasteiger partial charge in [-0.3, -0.25) is 4.79 Å². The van der Waals surface area contributed by atoms with E-state index in [0.717, 1.165) is 0 Å². The summed E-state index contributed by atoms with van der Waals surface area (Å²) in [5.41, 5.74) is 5.94. The van der Waals surface area contributed by atoms with Gasteiger partial charge in [0.1, 0.15) is 23.7 Å². The van der Waals surface area contributed by atoms with E-state index in [4.69, 9.17) is 15.6 Å². The van der Waals surface area contributed by atoms with Gasteiger partial charge in [0, 0.05) is 19.1 Å². The third-order valence-corrected chi connectivity index (χ3v) is 2.59. The molecule has 1 aliphatic rings. The molecule has 2 atom stereocenters. The van der Waals surface area contributed by atoms with Crippen molar-refractivity contribution in [1.29, 1.82) is 0 Å². The molecule has 0 spiro atoms. The Bertz CT molecular complexity index is 439. The van der Waals surface area contributed by atoms with Gasteiger partial charge >= 0.3 is 0 Å². The van der Waals surface area contributed by atoms with Gasteiger partial charge in [-0.15, -0.1) is 0 Å². The molecule has 0 aliphatic carbocycles. The fourth-order valence-corrected chi connectivity index (χ4v) is 1.69. The average molecular weight is 240 g/mol. The molecule has 1 aliphatic heterocycles. The fourth-order valence-electron chi connectivity index (χ4n) is 1.69. The summed E-state index contributed by atoms with van der Waals surface area (Å²) < 4.78 is 18.5. The van der Waals surface area contributed by atoms with Crippen LogP contribution in [0.25, 0.3) is 0 Å². The van der Waals surface area contributed by atoms with Gasteiger partial charge in [-0.05, 0) is 12.1 Å². The van der Waals surface area contributed by atoms with Gasteiger partial charge < -0.3 is 20.9 Å². The van der Waals surface area contributed by atoms with Gasteiger partial charge in [0.25, 0.3) is 0 Å². The maximum absolute atomic E-state index is 13.0. The van der Waals surface area contributed by atoms with E-state index < -0.39 is 23.9 Å². The maximum Gasteiger partial charge on any atom is 0.245 e. The Morgan fingerprint density at radius 1 is 1.53 bits per heavy atom. The molecule has 0 unspecified atom stereocenters. The zero-order chi connectivity index (χ0) is 12.4. The topological polar surface area (TPSA) is 84.6 Å². The quantitative estimate of drug-likeness (QED) is 0.691. The van der Waals surface area contributed by atoms with Crippen LogP contribution < -0.4 is 15.8 Å². The maximum atomic E-state index is 13.0. The first kappa shape index (κ1) is 11.8. The number of benzene rings is 1. The van der Waals surface area contributed by atoms with E-state index in [2.05, 4.69) is 5.32 Å². The predicted molar refractivity (Wildman–Crippen MR) is 59.1 cm³/mol. The molecule has 2 rings (SSSR count). The minimum absolute atomic E-state index is 0.137. The lowest BCUT2D eigenvalue weighted by Gasteiger charge is -2.19. The number of hydrogen-bond donors (Lipinski definition) is 3. The van der Waals surface area contributed by atoms with Crippen molar-refractivity contribution in [3.63, 3.8) is 0 Å². The van der Waals surface area contributed by atoms with Crippen LogP contribution in [0.15, 0.2) is 18.2 Å². The van der Waals surface area contributed by atoms with Crippen molar-refractivity contribution < 1.29 is 19.0 Å². The second-order valence-corrected chi connectivity index (χ2v) is 3.82. The fraction of sp³-hybridized carbons (Fsp3) is 0.364. The lowest BCUT2D eigenvalue weighted by atomic mass is 10.1. The highest BCUT2D eigenvalue weighted by atomic mass is 19.1. The Morgan fingerprint density at radius 2 is 2.29 bits per heavy atom. The molecule has 0 saturated heterocycles. The molecule has 5 nitrogen and oxygen atoms in total. The Hall–Kier alpha value is -1.66. The molecule has 0 fully saturated rings. The number of hydrogen-bond acceptors (Lipinski definition) is 4. The number of rotatable bonds is 2. The molecule has 1 heterocycles. The van der Waals surface area contributed by atoms with E-state index in [1.165, 1.54) is 18.2 Å². The number of amides is 1. The summed E-state index contributed by atoms with van der Waals surface area (Å²) in [4.78, 5) is 11.7. The van der Waals surface area contributed by atoms with Crippen LogP contribution in [0, 0.1) is 5.82 Å². The van der Waals surface area contributed by atoms with E-state index in [0.29, 0.717) is 5.75 Å². The van der Waals surface area contributed by atoms with Gasteiger partial charge in [0.15, 0.2) is 0 Å². The number of carbonyl (C=O) groups is 1. The summed E-state index contributed by atoms with van der Waals surface area (Å²) >= 11 is 0. The molecule has 1 aromatic carbocycles. The summed E-state index contributed by atoms with van der Waals surface area (Å²) in [7, 11) is 0. The second-order valence-electron chi connectivity index (χ2n) is 3.82. The molecular formula is C11H13FN2O3. The van der Waals surface area contributed by atoms with Crippen LogP contribution in [0.3, 0.4) is 0 Å². The highest BCUT2D eigenvalue weighted by Gasteiger charge is 2.30. The Labute approximate surface area is 97.4 Å². The van der Waals surface area contributed by atoms with Crippen LogP contribution in [0.2, 0.25) is 0 Å². The van der Waals surface area contributed by atoms with Gasteiger partial charge in [-0.2, -0.15) is 0 Å². The zero-order valence-electron chi connectivity index (χ0n) is 9.02. The monoisotopic (exact) mass is 240 g/mol. The molecule has 0 saturated carbocycles. The van der Waals surface area contributed by atoms with E-state index in [-0.39, 0.29) is 18.7 Å². The van der Waals surface area contributed by atoms with Crippen molar-refractivity contribution in [2.45, 2.75) is 18.6 Å². The standard InChI is InChI=1S/C11H13FN2O3/c12-6-1-2-8-7(5-6)14-11(16)10(13)9(17-8)3-4-15/h1-2,5,9-10,15H,3-4,13H2,(H,14,16)/t9-,10+/m0/s1. The number of halogens is 1. The lowest BCUT2D eigenvalue weighted by molar-refractivity contribution is -0.119. The third-order valence-electron chi connectivity index (χ3n) is 2.59. The van der Waals surface area contributed by atoms with E-state index in [1.807, 2.05) is 0 Å². The zero-order valence-corrected chi connectivity index (χ0v) is 9.02. The number of nitrogens with one attached hydrogen (secondary N) is 1. The molecule has 0 radical (unpaired) electrons. The van der Waals surface area contributed by atoms with Crippen LogP contribution in [0.1, 0.15) is 6.42 Å². The molecule has 92 valence electrons. The van der Waals surface area contributed by atoms with Crippen LogP contribution in [0.5, 0.6) is 5.75 Å². The summed E-state index contributed by atoms with van der Waals surface area (Å²) in [5.74, 6) is -0.569. The van der Waals surface area contributed by atoms with Gasteiger partial charge in [0.2, 0.25) is 5.91 Å². The van der Waals surface area contributed by atoms with Gasteiger partial charge in [-0.25, -0.2) is 4.39 Å². The predicted octanol–water partition coefficient (Wildman–Crippen LogP) is 0.235. The third kappa shape index (κ3) is 2.37. The van der Waals surface area contributed by atoms with Gasteiger partial charge in [-0.1, -0.05) is 0 Å². The number of fused-ring (bicyclic) bond motifs is 1. The highest BCUT2D eigenvalue weighted by molar-refractivity contribution is 5.97. The molecule has 1 aromatic rings. The Morgan fingerprint density at radius 3 is 3.00 bits per heavy atom. The Kier molecular flexibility index (Phi) is 3.26. The van der Waals surface area contributed by atoms with Crippen LogP contribution in [-0.4, -0.2) is 29.8 Å². The van der Waals surface area contributed by atoms with Crippen molar-refractivity contribution in [3.8, 4) is 5.75 Å². The highest BCUT2D eigenvalue weighted by Crippen LogP contribution is 2.29. The Balaban J connectivity index is 2.34. The van der Waals surface area contributed by atoms with Crippen molar-refractivity contribution >= 4 is 11.6 Å². The number of anilines is 1. The van der Waals surface area contributed by atoms with Crippen molar-refractivity contribution in [2.75, 3.05) is 11.9 Å². The van der Waals surface area contributed by atoms with Crippen molar-refractivity contribution in [1.82, 2.24) is 0 Å². The molecule has 6 heteroatoms. The van der Waals surface area contributed by atoms with Gasteiger partial charge in [0.05, 0.1) is 5.69 Å². The number of aliphatic hydroxyl groups is 1. The minimum atomic E-state index is -0.891. The number of carbonyl (C=O) groups excluding carboxylic acids is 1. The first-order valence-electron chi connectivity index (χ1n) is 5.25. The van der Waals surface area contributed by atoms with E-state index >= 15 is 0 Å². The lowest BCUT2D eigenvalue weighted by Crippen LogP contribution is -2.46. The average Bonchev–Trinajstić information content (AvgIpc) is 2.40. The summed E-state index contributed by atoms with van der Waals surface area (Å²) in [6.07, 6.45) is -0.377. The van der Waals surface area contributed by atoms with Crippen molar-refractivity contribution in [2.24, 2.45) is 5.73 Å². The molecule has 4 N–H and O–H groups in total. The smallest absolute Gasteiger partial charge is 0.245 e. The van der Waals surface area contributed by atoms with E-state index in [1.54, 1.807) is 0 Å². The molecule has 1 amide bonds. The second kappa shape index (κ2) is 4.68. The first-order valence-corrected chi connectivity index (χ1v) is 5.25. The number of nitrogens with two attached hydrogens (primary N) is 1. The number of ether oxygens (including phenoxy) is 1. The summed E-state index contributed by atoms with van der Waals surface area (Å²) in [5, 5.41) is 11.4. The normalized spacial score (nSPS) is 23.4. The van der Waals surface area contributed by atoms with Crippen molar-refractivity contribution in [3.05, 3.63) is 24.0 Å². The minimum Gasteiger partial charge on any atom is -0.486 e. The van der Waals surface area contributed by atoms with Crippen LogP contribution in [-0.2, 0) is 4.79 Å². The molecule has 0 bridgehead atoms.